The Balaban J connectivity index is 0.000000470. The number of ether oxygens (including phenoxy) is 1. The van der Waals surface area contributed by atoms with Crippen LogP contribution in [0.25, 0.3) is 16.0 Å². The summed E-state index contributed by atoms with van der Waals surface area (Å²) in [6, 6.07) is 22.9. The Morgan fingerprint density at radius 3 is 2.27 bits per heavy atom. The number of carbonyl (C=O) groups excluding carboxylic acids is 3. The number of rotatable bonds is 25. The average Bonchev–Trinajstić information content (AvgIpc) is 3.75. The molecule has 1 aliphatic heterocycles. The van der Waals surface area contributed by atoms with Gasteiger partial charge in [0.25, 0.3) is 0 Å². The normalized spacial score (nSPS) is 15.7. The number of aryl methyl sites for hydroxylation is 1. The number of allylic oxidation sites excluding steroid dienone is 2. The number of amidine groups is 1. The van der Waals surface area contributed by atoms with Crippen molar-refractivity contribution in [2.75, 3.05) is 13.2 Å². The minimum atomic E-state index is -0.747. The number of para-hydroxylation sites is 1. The molecular formula is C55H73LiN6O7S-2. The van der Waals surface area contributed by atoms with Crippen molar-refractivity contribution in [1.82, 2.24) is 20.9 Å². The standard InChI is InChI=1S/C38H53N4O5.C17H20N2O2S.Li/c1-38(2,3)34(27-43)42-36(46)17-9-7-5-4-6-8-16-35(45)41-26-29-20-18-28(19-21-29)22-24-47-33-25-30(13-12-23-40-37(33)39)31-14-10-11-15-32(31)44;1-11(20)4-9-16(21)19-12(2)14-5-7-15(8-6-14)17-13(3)18-10-22-17;/h10-11,13-15,18-21,25,34-35,41,44-45H,4-9,12,16-17,22-24,26H2,1-3H3,(H2,39,40)(H,42,46);5-12,20H,1,4H2,2-3H3,(H,19,21);/q-1;-2;+1/b30-13+,33-25+;;/t34-,35?;11-,12-;/m10./s1. The molecule has 0 saturated heterocycles. The zero-order valence-corrected chi connectivity index (χ0v) is 42.8. The molecule has 1 aliphatic rings. The first-order chi connectivity index (χ1) is 33.0. The third-order valence-electron chi connectivity index (χ3n) is 11.5. The van der Waals surface area contributed by atoms with Gasteiger partial charge in [0, 0.05) is 37.5 Å². The molecule has 4 aromatic rings. The molecule has 0 spiro atoms. The minimum absolute atomic E-state index is 0. The van der Waals surface area contributed by atoms with Gasteiger partial charge in [-0.1, -0.05) is 131 Å². The first-order valence-corrected chi connectivity index (χ1v) is 24.9. The van der Waals surface area contributed by atoms with Gasteiger partial charge in [0.2, 0.25) is 5.91 Å². The van der Waals surface area contributed by atoms with Crippen LogP contribution in [0.15, 0.2) is 101 Å². The van der Waals surface area contributed by atoms with Gasteiger partial charge in [-0.05, 0) is 84.9 Å². The molecule has 70 heavy (non-hydrogen) atoms. The number of phenolic OH excluding ortho intramolecular Hbond substituents is 1. The van der Waals surface area contributed by atoms with Crippen LogP contribution in [0.4, 0.5) is 0 Å². The molecule has 0 saturated carbocycles. The van der Waals surface area contributed by atoms with E-state index in [9.17, 15) is 24.6 Å². The molecular weight excluding hydrogens is 896 g/mol. The summed E-state index contributed by atoms with van der Waals surface area (Å²) in [5.74, 6) is 0.774. The summed E-state index contributed by atoms with van der Waals surface area (Å²) in [5.41, 5.74) is 14.7. The molecule has 13 nitrogen and oxygen atoms in total. The van der Waals surface area contributed by atoms with Gasteiger partial charge in [-0.3, -0.25) is 15.1 Å². The van der Waals surface area contributed by atoms with Crippen molar-refractivity contribution in [3.05, 3.63) is 138 Å². The van der Waals surface area contributed by atoms with E-state index >= 15 is 0 Å². The van der Waals surface area contributed by atoms with Crippen LogP contribution in [0.2, 0.25) is 0 Å². The molecule has 2 amide bonds. The Bertz CT molecular complexity index is 2290. The minimum Gasteiger partial charge on any atom is -0.540 e. The van der Waals surface area contributed by atoms with Crippen LogP contribution in [0.3, 0.4) is 0 Å². The Kier molecular flexibility index (Phi) is 26.3. The summed E-state index contributed by atoms with van der Waals surface area (Å²) in [5, 5.41) is 38.6. The quantitative estimate of drug-likeness (QED) is 0.0180. The third-order valence-corrected chi connectivity index (χ3v) is 12.5. The number of nitrogens with one attached hydrogen (secondary N) is 3. The van der Waals surface area contributed by atoms with Crippen LogP contribution in [-0.4, -0.2) is 75.8 Å². The number of carbonyl (C=O) groups is 2. The summed E-state index contributed by atoms with van der Waals surface area (Å²) < 4.78 is 6.06. The molecule has 4 atom stereocenters. The number of amides is 2. The summed E-state index contributed by atoms with van der Waals surface area (Å²) in [4.78, 5) is 44.7. The molecule has 0 bridgehead atoms. The van der Waals surface area contributed by atoms with Crippen molar-refractivity contribution < 1.29 is 53.3 Å². The molecule has 0 aliphatic carbocycles. The predicted molar refractivity (Wildman–Crippen MR) is 277 cm³/mol. The summed E-state index contributed by atoms with van der Waals surface area (Å²) in [6.45, 7) is 14.6. The van der Waals surface area contributed by atoms with Crippen LogP contribution in [0, 0.1) is 25.7 Å². The first kappa shape index (κ1) is 59.1. The van der Waals surface area contributed by atoms with Gasteiger partial charge in [-0.2, -0.15) is 6.42 Å². The topological polar surface area (TPSA) is 208 Å². The second-order valence-corrected chi connectivity index (χ2v) is 19.3. The zero-order valence-electron chi connectivity index (χ0n) is 42.0. The number of aliphatic hydroxyl groups excluding tert-OH is 2. The van der Waals surface area contributed by atoms with Crippen molar-refractivity contribution in [3.63, 3.8) is 0 Å². The number of nitrogens with two attached hydrogens (primary N) is 1. The molecule has 374 valence electrons. The molecule has 5 rings (SSSR count). The van der Waals surface area contributed by atoms with E-state index in [-0.39, 0.29) is 54.3 Å². The van der Waals surface area contributed by atoms with Crippen LogP contribution in [0.1, 0.15) is 126 Å². The van der Waals surface area contributed by atoms with Gasteiger partial charge in [-0.25, -0.2) is 11.3 Å². The van der Waals surface area contributed by atoms with Gasteiger partial charge in [-0.15, -0.1) is 11.3 Å². The van der Waals surface area contributed by atoms with Crippen LogP contribution >= 0.6 is 11.3 Å². The third kappa shape index (κ3) is 21.4. The van der Waals surface area contributed by atoms with E-state index in [1.165, 1.54) is 11.3 Å². The second kappa shape index (κ2) is 31.2. The predicted octanol–water partition coefficient (Wildman–Crippen LogP) is 5.94. The number of hydrogen-bond acceptors (Lipinski definition) is 12. The molecule has 1 aromatic heterocycles. The van der Waals surface area contributed by atoms with Crippen LogP contribution in [0.5, 0.6) is 5.75 Å². The van der Waals surface area contributed by atoms with Gasteiger partial charge in [0.1, 0.15) is 12.0 Å². The Morgan fingerprint density at radius 2 is 1.63 bits per heavy atom. The molecule has 0 fully saturated rings. The van der Waals surface area contributed by atoms with E-state index < -0.39 is 18.4 Å². The molecule has 8 N–H and O–H groups in total. The largest absolute Gasteiger partial charge is 1.00 e. The number of benzene rings is 3. The number of aromatic nitrogens is 1. The van der Waals surface area contributed by atoms with E-state index in [1.807, 2.05) is 95.0 Å². The maximum atomic E-state index is 12.1. The molecule has 3 aromatic carbocycles. The van der Waals surface area contributed by atoms with Gasteiger partial charge in [0.15, 0.2) is 11.6 Å². The van der Waals surface area contributed by atoms with Gasteiger partial charge in [0.05, 0.1) is 28.6 Å². The van der Waals surface area contributed by atoms with Crippen molar-refractivity contribution in [2.24, 2.45) is 16.1 Å². The SMILES string of the molecule is CC(C)(C)[C@@H]([C-]=O)NC(=O)CCCCCCCCC(O)NCc1ccc(CCO/C2=C/C(c3ccccc3O)=C\CCN=C2N)cc1.[CH2-][C@H](O)C[CH-]C(=O)N[C@@H](C)c1ccc(-c2scnc2C)cc1.[Li+]. The van der Waals surface area contributed by atoms with Gasteiger partial charge < -0.3 is 59.4 Å². The van der Waals surface area contributed by atoms with Crippen molar-refractivity contribution in [3.8, 4) is 16.2 Å². The number of aromatic hydroxyl groups is 1. The molecule has 0 radical (unpaired) electrons. The van der Waals surface area contributed by atoms with E-state index in [0.717, 1.165) is 84.0 Å². The fourth-order valence-electron chi connectivity index (χ4n) is 7.31. The van der Waals surface area contributed by atoms with E-state index in [0.29, 0.717) is 50.6 Å². The monoisotopic (exact) mass is 969 g/mol. The van der Waals surface area contributed by atoms with Crippen LogP contribution in [-0.2, 0) is 32.1 Å². The van der Waals surface area contributed by atoms with E-state index in [2.05, 4.69) is 57.1 Å². The summed E-state index contributed by atoms with van der Waals surface area (Å²) in [7, 11) is 0. The van der Waals surface area contributed by atoms with Gasteiger partial charge >= 0.3 is 18.9 Å². The van der Waals surface area contributed by atoms with Crippen molar-refractivity contribution in [1.29, 1.82) is 0 Å². The number of phenols is 1. The maximum Gasteiger partial charge on any atom is 1.00 e. The number of unbranched alkanes of at least 4 members (excludes halogenated alkanes) is 5. The number of nitrogens with zero attached hydrogens (tertiary/aromatic N) is 2. The molecule has 15 heteroatoms. The Labute approximate surface area is 432 Å². The second-order valence-electron chi connectivity index (χ2n) is 18.4. The van der Waals surface area contributed by atoms with E-state index in [4.69, 9.17) is 15.6 Å². The number of thiazole rings is 1. The molecule has 1 unspecified atom stereocenters. The zero-order chi connectivity index (χ0) is 50.2. The smallest absolute Gasteiger partial charge is 0.540 e. The fourth-order valence-corrected chi connectivity index (χ4v) is 8.12. The number of aliphatic imine (C=N–C) groups is 1. The number of aliphatic hydroxyl groups is 2. The molecule has 2 heterocycles. The van der Waals surface area contributed by atoms with Crippen molar-refractivity contribution in [2.45, 2.75) is 136 Å². The Morgan fingerprint density at radius 1 is 0.957 bits per heavy atom. The maximum absolute atomic E-state index is 12.1. The first-order valence-electron chi connectivity index (χ1n) is 24.0. The van der Waals surface area contributed by atoms with Crippen molar-refractivity contribution >= 4 is 40.8 Å². The summed E-state index contributed by atoms with van der Waals surface area (Å²) in [6.07, 6.45) is 14.6. The van der Waals surface area contributed by atoms with Crippen LogP contribution < -0.4 is 40.5 Å². The number of hydrogen-bond donors (Lipinski definition) is 7. The van der Waals surface area contributed by atoms with E-state index in [1.54, 1.807) is 23.5 Å². The fraction of sp³-hybridized carbons (Fsp3) is 0.436. The average molecular weight is 969 g/mol. The Hall–Kier alpha value is -5.20. The summed E-state index contributed by atoms with van der Waals surface area (Å²) >= 11 is 1.62.